The van der Waals surface area contributed by atoms with E-state index in [2.05, 4.69) is 0 Å². The highest BCUT2D eigenvalue weighted by atomic mass is 32.2. The lowest BCUT2D eigenvalue weighted by Crippen LogP contribution is -1.93. The van der Waals surface area contributed by atoms with Crippen LogP contribution in [0.4, 0.5) is 4.39 Å². The van der Waals surface area contributed by atoms with E-state index in [4.69, 9.17) is 0 Å². The van der Waals surface area contributed by atoms with Crippen molar-refractivity contribution in [1.82, 2.24) is 0 Å². The van der Waals surface area contributed by atoms with E-state index in [1.165, 1.54) is 12.1 Å². The molecule has 0 aliphatic rings. The molecule has 0 fully saturated rings. The van der Waals surface area contributed by atoms with E-state index in [-0.39, 0.29) is 5.82 Å². The van der Waals surface area contributed by atoms with Gasteiger partial charge in [0.2, 0.25) is 0 Å². The summed E-state index contributed by atoms with van der Waals surface area (Å²) in [6.07, 6.45) is 0. The number of benzene rings is 2. The Morgan fingerprint density at radius 3 is 2.31 bits per heavy atom. The number of hydrogen-bond donors (Lipinski definition) is 0. The molecule has 0 aromatic heterocycles. The van der Waals surface area contributed by atoms with Gasteiger partial charge in [0.1, 0.15) is 5.82 Å². The maximum Gasteiger partial charge on any atom is 0.123 e. The fraction of sp³-hybridized carbons (Fsp3) is 0.0769. The second-order valence-corrected chi connectivity index (χ2v) is 5.02. The van der Waals surface area contributed by atoms with E-state index in [0.717, 1.165) is 10.5 Å². The summed E-state index contributed by atoms with van der Waals surface area (Å²) >= 11 is 0. The fourth-order valence-corrected chi connectivity index (χ4v) is 2.58. The van der Waals surface area contributed by atoms with Gasteiger partial charge >= 0.3 is 0 Å². The van der Waals surface area contributed by atoms with Crippen molar-refractivity contribution in [2.45, 2.75) is 16.7 Å². The predicted octanol–water partition coefficient (Wildman–Crippen LogP) is 3.30. The van der Waals surface area contributed by atoms with Crippen LogP contribution in [0.2, 0.25) is 0 Å². The highest BCUT2D eigenvalue weighted by molar-refractivity contribution is 7.85. The Labute approximate surface area is 96.4 Å². The molecule has 0 N–H and O–H groups in total. The second-order valence-electron chi connectivity index (χ2n) is 3.54. The zero-order valence-electron chi connectivity index (χ0n) is 8.81. The lowest BCUT2D eigenvalue weighted by Gasteiger charge is -2.03. The van der Waals surface area contributed by atoms with Crippen LogP contribution < -0.4 is 0 Å². The zero-order chi connectivity index (χ0) is 11.5. The molecule has 1 unspecified atom stereocenters. The van der Waals surface area contributed by atoms with Crippen molar-refractivity contribution >= 4 is 10.8 Å². The standard InChI is InChI=1S/C13H11FOS/c1-10-3-2-4-13(9-10)16(15)12-7-5-11(14)6-8-12/h2-9H,1H3. The molecule has 2 rings (SSSR count). The van der Waals surface area contributed by atoms with Gasteiger partial charge in [0, 0.05) is 9.79 Å². The summed E-state index contributed by atoms with van der Waals surface area (Å²) < 4.78 is 24.8. The van der Waals surface area contributed by atoms with Crippen LogP contribution in [0.1, 0.15) is 5.56 Å². The molecule has 0 bridgehead atoms. The summed E-state index contributed by atoms with van der Waals surface area (Å²) in [6.45, 7) is 1.95. The topological polar surface area (TPSA) is 17.1 Å². The van der Waals surface area contributed by atoms with Crippen LogP contribution in [-0.2, 0) is 10.8 Å². The van der Waals surface area contributed by atoms with Crippen molar-refractivity contribution in [3.05, 3.63) is 59.9 Å². The van der Waals surface area contributed by atoms with Gasteiger partial charge in [-0.25, -0.2) is 8.60 Å². The van der Waals surface area contributed by atoms with Crippen molar-refractivity contribution in [3.8, 4) is 0 Å². The third kappa shape index (κ3) is 2.36. The molecule has 1 atom stereocenters. The molecule has 16 heavy (non-hydrogen) atoms. The highest BCUT2D eigenvalue weighted by Crippen LogP contribution is 2.17. The van der Waals surface area contributed by atoms with Gasteiger partial charge in [0.05, 0.1) is 10.8 Å². The first-order valence-electron chi connectivity index (χ1n) is 4.91. The van der Waals surface area contributed by atoms with Crippen molar-refractivity contribution in [3.63, 3.8) is 0 Å². The third-order valence-corrected chi connectivity index (χ3v) is 3.61. The van der Waals surface area contributed by atoms with Gasteiger partial charge in [-0.15, -0.1) is 0 Å². The van der Waals surface area contributed by atoms with Crippen LogP contribution in [0.15, 0.2) is 58.3 Å². The molecule has 0 aliphatic carbocycles. The van der Waals surface area contributed by atoms with Gasteiger partial charge in [-0.05, 0) is 48.9 Å². The van der Waals surface area contributed by atoms with Gasteiger partial charge < -0.3 is 0 Å². The van der Waals surface area contributed by atoms with E-state index < -0.39 is 10.8 Å². The van der Waals surface area contributed by atoms with Crippen LogP contribution in [0.25, 0.3) is 0 Å². The number of aryl methyl sites for hydroxylation is 1. The molecular formula is C13H11FOS. The van der Waals surface area contributed by atoms with E-state index in [1.807, 2.05) is 31.2 Å². The van der Waals surface area contributed by atoms with E-state index in [9.17, 15) is 8.60 Å². The Morgan fingerprint density at radius 1 is 1.00 bits per heavy atom. The first-order chi connectivity index (χ1) is 7.66. The molecule has 2 aromatic carbocycles. The van der Waals surface area contributed by atoms with Gasteiger partial charge in [0.25, 0.3) is 0 Å². The van der Waals surface area contributed by atoms with Crippen LogP contribution >= 0.6 is 0 Å². The SMILES string of the molecule is Cc1cccc(S(=O)c2ccc(F)cc2)c1. The van der Waals surface area contributed by atoms with Crippen LogP contribution in [0, 0.1) is 12.7 Å². The van der Waals surface area contributed by atoms with Gasteiger partial charge in [0.15, 0.2) is 0 Å². The average Bonchev–Trinajstić information content (AvgIpc) is 2.29. The summed E-state index contributed by atoms with van der Waals surface area (Å²) in [6, 6.07) is 13.2. The predicted molar refractivity (Wildman–Crippen MR) is 62.3 cm³/mol. The molecular weight excluding hydrogens is 223 g/mol. The smallest absolute Gasteiger partial charge is 0.123 e. The summed E-state index contributed by atoms with van der Waals surface area (Å²) in [5, 5.41) is 0. The van der Waals surface area contributed by atoms with Crippen molar-refractivity contribution < 1.29 is 8.60 Å². The largest absolute Gasteiger partial charge is 0.249 e. The minimum Gasteiger partial charge on any atom is -0.249 e. The van der Waals surface area contributed by atoms with Crippen molar-refractivity contribution in [2.24, 2.45) is 0 Å². The number of halogens is 1. The maximum absolute atomic E-state index is 12.7. The summed E-state index contributed by atoms with van der Waals surface area (Å²) in [5.74, 6) is -0.315. The minimum atomic E-state index is -1.23. The molecule has 0 amide bonds. The molecule has 3 heteroatoms. The molecule has 1 nitrogen and oxygen atoms in total. The zero-order valence-corrected chi connectivity index (χ0v) is 9.63. The second kappa shape index (κ2) is 4.58. The fourth-order valence-electron chi connectivity index (χ4n) is 1.42. The summed E-state index contributed by atoms with van der Waals surface area (Å²) in [4.78, 5) is 1.36. The molecule has 0 saturated carbocycles. The van der Waals surface area contributed by atoms with Crippen molar-refractivity contribution in [2.75, 3.05) is 0 Å². The first kappa shape index (κ1) is 11.0. The van der Waals surface area contributed by atoms with Gasteiger partial charge in [-0.1, -0.05) is 12.1 Å². The molecule has 0 aliphatic heterocycles. The van der Waals surface area contributed by atoms with Crippen LogP contribution in [-0.4, -0.2) is 4.21 Å². The normalized spacial score (nSPS) is 12.4. The molecule has 82 valence electrons. The van der Waals surface area contributed by atoms with Gasteiger partial charge in [-0.2, -0.15) is 0 Å². The van der Waals surface area contributed by atoms with Crippen LogP contribution in [0.5, 0.6) is 0 Å². The van der Waals surface area contributed by atoms with E-state index >= 15 is 0 Å². The summed E-state index contributed by atoms with van der Waals surface area (Å²) in [7, 11) is -1.23. The lowest BCUT2D eigenvalue weighted by atomic mass is 10.2. The number of hydrogen-bond acceptors (Lipinski definition) is 1. The Hall–Kier alpha value is -1.48. The maximum atomic E-state index is 12.7. The third-order valence-electron chi connectivity index (χ3n) is 2.23. The highest BCUT2D eigenvalue weighted by Gasteiger charge is 2.06. The molecule has 0 heterocycles. The number of rotatable bonds is 2. The minimum absolute atomic E-state index is 0.315. The Balaban J connectivity index is 2.35. The van der Waals surface area contributed by atoms with Crippen molar-refractivity contribution in [1.29, 1.82) is 0 Å². The quantitative estimate of drug-likeness (QED) is 0.779. The van der Waals surface area contributed by atoms with E-state index in [0.29, 0.717) is 4.90 Å². The molecule has 2 aromatic rings. The Morgan fingerprint density at radius 2 is 1.69 bits per heavy atom. The molecule has 0 radical (unpaired) electrons. The summed E-state index contributed by atoms with van der Waals surface area (Å²) in [5.41, 5.74) is 1.06. The Bertz CT molecular complexity index is 520. The molecule has 0 saturated heterocycles. The van der Waals surface area contributed by atoms with Crippen LogP contribution in [0.3, 0.4) is 0 Å². The monoisotopic (exact) mass is 234 g/mol. The molecule has 0 spiro atoms. The van der Waals surface area contributed by atoms with E-state index in [1.54, 1.807) is 12.1 Å². The first-order valence-corrected chi connectivity index (χ1v) is 6.06. The average molecular weight is 234 g/mol. The lowest BCUT2D eigenvalue weighted by molar-refractivity contribution is 0.626. The van der Waals surface area contributed by atoms with Gasteiger partial charge in [-0.3, -0.25) is 0 Å². The Kier molecular flexibility index (Phi) is 3.15.